The van der Waals surface area contributed by atoms with Crippen LogP contribution in [-0.4, -0.2) is 17.0 Å². The number of amides is 1. The smallest absolute Gasteiger partial charge is 0.306 e. The van der Waals surface area contributed by atoms with Crippen molar-refractivity contribution < 1.29 is 14.7 Å². The Hall–Kier alpha value is -1.87. The van der Waals surface area contributed by atoms with Gasteiger partial charge in [0.2, 0.25) is 5.91 Å². The Morgan fingerprint density at radius 1 is 1.24 bits per heavy atom. The quantitative estimate of drug-likeness (QED) is 0.875. The lowest BCUT2D eigenvalue weighted by Crippen LogP contribution is -2.29. The molecule has 0 bridgehead atoms. The number of anilines is 1. The molecule has 1 fully saturated rings. The van der Waals surface area contributed by atoms with Gasteiger partial charge in [-0.3, -0.25) is 9.59 Å². The molecule has 1 amide bonds. The fraction of sp³-hybridized carbons (Fsp3) is 0.400. The minimum Gasteiger partial charge on any atom is -0.481 e. The number of carbonyl (C=O) groups excluding carboxylic acids is 1. The van der Waals surface area contributed by atoms with Crippen molar-refractivity contribution in [2.24, 2.45) is 11.8 Å². The van der Waals surface area contributed by atoms with Crippen LogP contribution in [0.4, 0.5) is 5.69 Å². The monoisotopic (exact) mass is 350 g/mol. The van der Waals surface area contributed by atoms with Crippen molar-refractivity contribution in [3.63, 3.8) is 0 Å². The van der Waals surface area contributed by atoms with Gasteiger partial charge in [-0.2, -0.15) is 5.26 Å². The molecule has 0 atom stereocenters. The van der Waals surface area contributed by atoms with Gasteiger partial charge in [0.25, 0.3) is 0 Å². The van der Waals surface area contributed by atoms with Gasteiger partial charge < -0.3 is 10.4 Å². The van der Waals surface area contributed by atoms with Crippen molar-refractivity contribution in [1.82, 2.24) is 0 Å². The molecule has 6 heteroatoms. The maximum absolute atomic E-state index is 12.2. The Morgan fingerprint density at radius 3 is 2.43 bits per heavy atom. The van der Waals surface area contributed by atoms with E-state index in [0.717, 1.165) is 4.47 Å². The zero-order valence-electron chi connectivity index (χ0n) is 11.3. The van der Waals surface area contributed by atoms with Crippen LogP contribution >= 0.6 is 15.9 Å². The summed E-state index contributed by atoms with van der Waals surface area (Å²) < 4.78 is 0.784. The summed E-state index contributed by atoms with van der Waals surface area (Å²) in [7, 11) is 0. The van der Waals surface area contributed by atoms with E-state index in [0.29, 0.717) is 36.9 Å². The predicted octanol–water partition coefficient (Wildman–Crippen LogP) is 3.15. The molecule has 1 aliphatic rings. The lowest BCUT2D eigenvalue weighted by atomic mass is 9.81. The predicted molar refractivity (Wildman–Crippen MR) is 80.6 cm³/mol. The van der Waals surface area contributed by atoms with Crippen LogP contribution in [0.5, 0.6) is 0 Å². The molecule has 0 aromatic heterocycles. The first-order valence-electron chi connectivity index (χ1n) is 6.74. The minimum absolute atomic E-state index is 0.145. The van der Waals surface area contributed by atoms with Gasteiger partial charge in [-0.25, -0.2) is 0 Å². The van der Waals surface area contributed by atoms with Crippen LogP contribution in [0.25, 0.3) is 0 Å². The molecule has 1 saturated carbocycles. The average Bonchev–Trinajstić information content (AvgIpc) is 2.47. The number of aliphatic carboxylic acids is 1. The zero-order chi connectivity index (χ0) is 15.4. The summed E-state index contributed by atoms with van der Waals surface area (Å²) in [5.41, 5.74) is 0.892. The molecule has 1 aromatic rings. The number of carboxylic acid groups (broad SMARTS) is 1. The third kappa shape index (κ3) is 3.82. The van der Waals surface area contributed by atoms with Crippen LogP contribution < -0.4 is 5.32 Å². The van der Waals surface area contributed by atoms with E-state index in [9.17, 15) is 9.59 Å². The normalized spacial score (nSPS) is 21.3. The molecular formula is C15H15BrN2O3. The Bertz CT molecular complexity index is 601. The van der Waals surface area contributed by atoms with Gasteiger partial charge in [-0.05, 0) is 43.9 Å². The van der Waals surface area contributed by atoms with Crippen LogP contribution in [0.2, 0.25) is 0 Å². The Labute approximate surface area is 131 Å². The SMILES string of the molecule is N#Cc1ccc(Br)cc1NC(=O)C1CCC(C(=O)O)CC1. The van der Waals surface area contributed by atoms with Crippen LogP contribution in [0, 0.1) is 23.2 Å². The van der Waals surface area contributed by atoms with Crippen LogP contribution in [0.3, 0.4) is 0 Å². The maximum Gasteiger partial charge on any atom is 0.306 e. The highest BCUT2D eigenvalue weighted by molar-refractivity contribution is 9.10. The number of hydrogen-bond donors (Lipinski definition) is 2. The highest BCUT2D eigenvalue weighted by atomic mass is 79.9. The van der Waals surface area contributed by atoms with Crippen molar-refractivity contribution in [3.05, 3.63) is 28.2 Å². The standard InChI is InChI=1S/C15H15BrN2O3/c16-12-6-5-11(8-17)13(7-12)18-14(19)9-1-3-10(4-2-9)15(20)21/h5-7,9-10H,1-4H2,(H,18,19)(H,20,21). The third-order valence-corrected chi connectivity index (χ3v) is 4.30. The highest BCUT2D eigenvalue weighted by Gasteiger charge is 2.29. The van der Waals surface area contributed by atoms with Crippen molar-refractivity contribution in [2.45, 2.75) is 25.7 Å². The summed E-state index contributed by atoms with van der Waals surface area (Å²) in [6, 6.07) is 7.12. The molecule has 0 aliphatic heterocycles. The second kappa shape index (κ2) is 6.72. The van der Waals surface area contributed by atoms with Crippen molar-refractivity contribution in [2.75, 3.05) is 5.32 Å². The summed E-state index contributed by atoms with van der Waals surface area (Å²) in [6.07, 6.45) is 2.19. The molecule has 0 unspecified atom stereocenters. The van der Waals surface area contributed by atoms with Crippen LogP contribution in [0.1, 0.15) is 31.2 Å². The number of nitriles is 1. The fourth-order valence-electron chi connectivity index (χ4n) is 2.55. The lowest BCUT2D eigenvalue weighted by molar-refractivity contribution is -0.143. The molecule has 110 valence electrons. The fourth-order valence-corrected chi connectivity index (χ4v) is 2.92. The Morgan fingerprint density at radius 2 is 1.86 bits per heavy atom. The second-order valence-corrected chi connectivity index (χ2v) is 6.09. The van der Waals surface area contributed by atoms with Gasteiger partial charge in [0, 0.05) is 10.4 Å². The lowest BCUT2D eigenvalue weighted by Gasteiger charge is -2.25. The van der Waals surface area contributed by atoms with E-state index in [1.165, 1.54) is 0 Å². The third-order valence-electron chi connectivity index (χ3n) is 3.81. The first-order chi connectivity index (χ1) is 10.0. The van der Waals surface area contributed by atoms with E-state index in [4.69, 9.17) is 10.4 Å². The van der Waals surface area contributed by atoms with Crippen LogP contribution in [-0.2, 0) is 9.59 Å². The van der Waals surface area contributed by atoms with Gasteiger partial charge in [0.15, 0.2) is 0 Å². The van der Waals surface area contributed by atoms with E-state index in [-0.39, 0.29) is 17.7 Å². The van der Waals surface area contributed by atoms with Gasteiger partial charge in [-0.15, -0.1) is 0 Å². The molecule has 0 saturated heterocycles. The summed E-state index contributed by atoms with van der Waals surface area (Å²) in [5, 5.41) is 20.8. The zero-order valence-corrected chi connectivity index (χ0v) is 12.9. The number of benzene rings is 1. The number of halogens is 1. The minimum atomic E-state index is -0.785. The number of rotatable bonds is 3. The van der Waals surface area contributed by atoms with E-state index in [1.54, 1.807) is 18.2 Å². The van der Waals surface area contributed by atoms with Gasteiger partial charge in [0.1, 0.15) is 6.07 Å². The van der Waals surface area contributed by atoms with Crippen molar-refractivity contribution in [3.8, 4) is 6.07 Å². The summed E-state index contributed by atoms with van der Waals surface area (Å²) in [4.78, 5) is 23.1. The summed E-state index contributed by atoms with van der Waals surface area (Å²) in [5.74, 6) is -1.46. The van der Waals surface area contributed by atoms with Crippen molar-refractivity contribution in [1.29, 1.82) is 5.26 Å². The number of nitrogens with zero attached hydrogens (tertiary/aromatic N) is 1. The number of hydrogen-bond acceptors (Lipinski definition) is 3. The topological polar surface area (TPSA) is 90.2 Å². The number of carbonyl (C=O) groups is 2. The second-order valence-electron chi connectivity index (χ2n) is 5.18. The number of nitrogens with one attached hydrogen (secondary N) is 1. The van der Waals surface area contributed by atoms with E-state index < -0.39 is 5.97 Å². The van der Waals surface area contributed by atoms with E-state index >= 15 is 0 Å². The summed E-state index contributed by atoms with van der Waals surface area (Å²) in [6.45, 7) is 0. The Balaban J connectivity index is 2.01. The maximum atomic E-state index is 12.2. The molecule has 1 aromatic carbocycles. The van der Waals surface area contributed by atoms with Crippen molar-refractivity contribution >= 4 is 33.5 Å². The van der Waals surface area contributed by atoms with E-state index in [1.807, 2.05) is 6.07 Å². The molecule has 0 radical (unpaired) electrons. The average molecular weight is 351 g/mol. The molecule has 2 rings (SSSR count). The van der Waals surface area contributed by atoms with E-state index in [2.05, 4.69) is 21.2 Å². The largest absolute Gasteiger partial charge is 0.481 e. The number of carboxylic acids is 1. The van der Waals surface area contributed by atoms with Gasteiger partial charge in [0.05, 0.1) is 17.2 Å². The molecular weight excluding hydrogens is 336 g/mol. The summed E-state index contributed by atoms with van der Waals surface area (Å²) >= 11 is 3.31. The van der Waals surface area contributed by atoms with Crippen LogP contribution in [0.15, 0.2) is 22.7 Å². The molecule has 21 heavy (non-hydrogen) atoms. The highest BCUT2D eigenvalue weighted by Crippen LogP contribution is 2.30. The molecule has 1 aliphatic carbocycles. The van der Waals surface area contributed by atoms with Gasteiger partial charge in [-0.1, -0.05) is 15.9 Å². The van der Waals surface area contributed by atoms with Gasteiger partial charge >= 0.3 is 5.97 Å². The first kappa shape index (κ1) is 15.5. The Kier molecular flexibility index (Phi) is 4.97. The molecule has 2 N–H and O–H groups in total. The molecule has 0 spiro atoms. The first-order valence-corrected chi connectivity index (χ1v) is 7.54. The molecule has 5 nitrogen and oxygen atoms in total. The molecule has 0 heterocycles.